The van der Waals surface area contributed by atoms with Crippen LogP contribution < -0.4 is 10.2 Å². The van der Waals surface area contributed by atoms with Gasteiger partial charge in [0.1, 0.15) is 12.2 Å². The molecule has 1 saturated carbocycles. The first-order valence-electron chi connectivity index (χ1n) is 14.4. The van der Waals surface area contributed by atoms with Crippen molar-refractivity contribution in [2.75, 3.05) is 18.1 Å². The normalized spacial score (nSPS) is 19.7. The second-order valence-electron chi connectivity index (χ2n) is 12.1. The third-order valence-electron chi connectivity index (χ3n) is 9.14. The zero-order valence-corrected chi connectivity index (χ0v) is 23.5. The number of hydrogen-bond donors (Lipinski definition) is 1. The van der Waals surface area contributed by atoms with Crippen LogP contribution in [0.1, 0.15) is 89.8 Å². The SMILES string of the molecule is Cn1cnnc1C(CC1CCOCC1)c1cccc(N2Cc3c(cc(CNC4(C)CCC4)cc3C(F)(F)F)C2=O)c1. The van der Waals surface area contributed by atoms with Gasteiger partial charge < -0.3 is 19.5 Å². The summed E-state index contributed by atoms with van der Waals surface area (Å²) in [5, 5.41) is 11.9. The van der Waals surface area contributed by atoms with Crippen molar-refractivity contribution >= 4 is 11.6 Å². The van der Waals surface area contributed by atoms with Crippen LogP contribution in [0, 0.1) is 5.92 Å². The minimum Gasteiger partial charge on any atom is -0.381 e. The zero-order valence-electron chi connectivity index (χ0n) is 23.5. The fraction of sp³-hybridized carbons (Fsp3) is 0.516. The van der Waals surface area contributed by atoms with Crippen molar-refractivity contribution in [1.82, 2.24) is 20.1 Å². The highest BCUT2D eigenvalue weighted by molar-refractivity contribution is 6.10. The Kier molecular flexibility index (Phi) is 7.40. The Morgan fingerprint density at radius 2 is 1.95 bits per heavy atom. The van der Waals surface area contributed by atoms with Crippen LogP contribution >= 0.6 is 0 Å². The van der Waals surface area contributed by atoms with Gasteiger partial charge in [0.2, 0.25) is 0 Å². The van der Waals surface area contributed by atoms with Crippen molar-refractivity contribution in [2.45, 2.75) is 76.2 Å². The Bertz CT molecular complexity index is 1430. The van der Waals surface area contributed by atoms with E-state index in [4.69, 9.17) is 4.74 Å². The van der Waals surface area contributed by atoms with E-state index in [0.29, 0.717) is 23.7 Å². The third-order valence-corrected chi connectivity index (χ3v) is 9.14. The quantitative estimate of drug-likeness (QED) is 0.363. The largest absolute Gasteiger partial charge is 0.416 e. The molecular weight excluding hydrogens is 531 g/mol. The second-order valence-corrected chi connectivity index (χ2v) is 12.1. The van der Waals surface area contributed by atoms with Gasteiger partial charge in [0, 0.05) is 49.5 Å². The number of alkyl halides is 3. The number of amides is 1. The van der Waals surface area contributed by atoms with E-state index < -0.39 is 17.6 Å². The summed E-state index contributed by atoms with van der Waals surface area (Å²) in [6.45, 7) is 3.72. The molecule has 41 heavy (non-hydrogen) atoms. The summed E-state index contributed by atoms with van der Waals surface area (Å²) in [6, 6.07) is 10.4. The van der Waals surface area contributed by atoms with Gasteiger partial charge in [-0.3, -0.25) is 4.79 Å². The average molecular weight is 568 g/mol. The Morgan fingerprint density at radius 3 is 2.61 bits per heavy atom. The van der Waals surface area contributed by atoms with Gasteiger partial charge in [-0.15, -0.1) is 10.2 Å². The first kappa shape index (κ1) is 27.9. The number of carbonyl (C=O) groups excluding carboxylic acids is 1. The molecule has 1 atom stereocenters. The van der Waals surface area contributed by atoms with Gasteiger partial charge in [0.15, 0.2) is 0 Å². The number of halogens is 3. The highest BCUT2D eigenvalue weighted by atomic mass is 19.4. The molecular formula is C31H36F3N5O2. The lowest BCUT2D eigenvalue weighted by molar-refractivity contribution is -0.138. The Hall–Kier alpha value is -3.24. The molecule has 7 nitrogen and oxygen atoms in total. The lowest BCUT2D eigenvalue weighted by Crippen LogP contribution is -2.47. The van der Waals surface area contributed by atoms with Gasteiger partial charge in [0.05, 0.1) is 12.1 Å². The van der Waals surface area contributed by atoms with E-state index in [-0.39, 0.29) is 29.1 Å². The Morgan fingerprint density at radius 1 is 1.17 bits per heavy atom. The fourth-order valence-electron chi connectivity index (χ4n) is 6.45. The molecule has 1 aromatic heterocycles. The van der Waals surface area contributed by atoms with Crippen LogP contribution in [0.15, 0.2) is 42.7 Å². The summed E-state index contributed by atoms with van der Waals surface area (Å²) < 4.78 is 50.2. The van der Waals surface area contributed by atoms with Crippen molar-refractivity contribution in [3.05, 3.63) is 76.4 Å². The van der Waals surface area contributed by atoms with E-state index in [1.807, 2.05) is 29.8 Å². The molecule has 1 N–H and O–H groups in total. The van der Waals surface area contributed by atoms with Gasteiger partial charge in [-0.2, -0.15) is 13.2 Å². The molecule has 2 aliphatic heterocycles. The smallest absolute Gasteiger partial charge is 0.381 e. The molecule has 3 aromatic rings. The number of ether oxygens (including phenoxy) is 1. The van der Waals surface area contributed by atoms with Gasteiger partial charge in [-0.1, -0.05) is 12.1 Å². The summed E-state index contributed by atoms with van der Waals surface area (Å²) >= 11 is 0. The summed E-state index contributed by atoms with van der Waals surface area (Å²) in [5.74, 6) is 0.803. The molecule has 2 fully saturated rings. The number of hydrogen-bond acceptors (Lipinski definition) is 5. The number of benzene rings is 2. The Balaban J connectivity index is 1.31. The molecule has 0 bridgehead atoms. The molecule has 218 valence electrons. The number of fused-ring (bicyclic) bond motifs is 1. The van der Waals surface area contributed by atoms with E-state index in [1.54, 1.807) is 18.5 Å². The summed E-state index contributed by atoms with van der Waals surface area (Å²) in [5.41, 5.74) is 1.41. The summed E-state index contributed by atoms with van der Waals surface area (Å²) in [4.78, 5) is 15.1. The minimum absolute atomic E-state index is 0.0403. The monoisotopic (exact) mass is 567 g/mol. The van der Waals surface area contributed by atoms with Crippen LogP contribution in [-0.4, -0.2) is 39.4 Å². The van der Waals surface area contributed by atoms with E-state index in [2.05, 4.69) is 22.4 Å². The van der Waals surface area contributed by atoms with Crippen LogP contribution in [0.5, 0.6) is 0 Å². The van der Waals surface area contributed by atoms with E-state index in [0.717, 1.165) is 63.1 Å². The van der Waals surface area contributed by atoms with Crippen LogP contribution in [0.3, 0.4) is 0 Å². The third kappa shape index (κ3) is 5.64. The molecule has 6 rings (SSSR count). The van der Waals surface area contributed by atoms with Crippen molar-refractivity contribution in [3.8, 4) is 0 Å². The maximum atomic E-state index is 14.2. The lowest BCUT2D eigenvalue weighted by Gasteiger charge is -2.39. The van der Waals surface area contributed by atoms with Crippen LogP contribution in [0.4, 0.5) is 18.9 Å². The number of nitrogens with zero attached hydrogens (tertiary/aromatic N) is 4. The number of anilines is 1. The molecule has 1 unspecified atom stereocenters. The van der Waals surface area contributed by atoms with Gasteiger partial charge in [0.25, 0.3) is 5.91 Å². The first-order valence-corrected chi connectivity index (χ1v) is 14.4. The van der Waals surface area contributed by atoms with Gasteiger partial charge in [-0.05, 0) is 92.3 Å². The van der Waals surface area contributed by atoms with E-state index in [9.17, 15) is 18.0 Å². The van der Waals surface area contributed by atoms with Gasteiger partial charge in [-0.25, -0.2) is 0 Å². The average Bonchev–Trinajstić information content (AvgIpc) is 3.51. The minimum atomic E-state index is -4.56. The van der Waals surface area contributed by atoms with Crippen LogP contribution in [0.25, 0.3) is 0 Å². The molecule has 3 heterocycles. The van der Waals surface area contributed by atoms with Crippen molar-refractivity contribution in [2.24, 2.45) is 13.0 Å². The molecule has 1 amide bonds. The van der Waals surface area contributed by atoms with Crippen LogP contribution in [0.2, 0.25) is 0 Å². The maximum absolute atomic E-state index is 14.2. The molecule has 0 spiro atoms. The predicted molar refractivity (Wildman–Crippen MR) is 149 cm³/mol. The molecule has 0 radical (unpaired) electrons. The highest BCUT2D eigenvalue weighted by Gasteiger charge is 2.41. The number of aryl methyl sites for hydroxylation is 1. The fourth-order valence-corrected chi connectivity index (χ4v) is 6.45. The maximum Gasteiger partial charge on any atom is 0.416 e. The highest BCUT2D eigenvalue weighted by Crippen LogP contribution is 2.41. The lowest BCUT2D eigenvalue weighted by atomic mass is 9.78. The molecule has 1 saturated heterocycles. The topological polar surface area (TPSA) is 72.3 Å². The van der Waals surface area contributed by atoms with Crippen molar-refractivity contribution < 1.29 is 22.7 Å². The summed E-state index contributed by atoms with van der Waals surface area (Å²) in [6.07, 6.45) is 3.00. The van der Waals surface area contributed by atoms with Crippen molar-refractivity contribution in [1.29, 1.82) is 0 Å². The number of carbonyl (C=O) groups is 1. The Labute approximate surface area is 238 Å². The van der Waals surface area contributed by atoms with E-state index >= 15 is 0 Å². The van der Waals surface area contributed by atoms with Crippen LogP contribution in [-0.2, 0) is 31.1 Å². The molecule has 3 aliphatic rings. The second kappa shape index (κ2) is 10.9. The predicted octanol–water partition coefficient (Wildman–Crippen LogP) is 5.98. The van der Waals surface area contributed by atoms with E-state index in [1.165, 1.54) is 11.0 Å². The number of aromatic nitrogens is 3. The zero-order chi connectivity index (χ0) is 28.8. The first-order chi connectivity index (χ1) is 19.6. The van der Waals surface area contributed by atoms with Crippen molar-refractivity contribution in [3.63, 3.8) is 0 Å². The molecule has 1 aliphatic carbocycles. The standard InChI is InChI=1S/C31H36F3N5O2/c1-30(9-4-10-30)35-17-21-14-25-26(27(15-21)31(32,33)34)18-39(29(25)40)23-6-3-5-22(16-23)24(28-37-36-19-38(28)2)13-20-7-11-41-12-8-20/h3,5-6,14-16,19-20,24,35H,4,7-13,17-18H2,1-2H3. The molecule has 2 aromatic carbocycles. The molecule has 10 heteroatoms. The number of nitrogens with one attached hydrogen (secondary N) is 1. The van der Waals surface area contributed by atoms with Gasteiger partial charge >= 0.3 is 6.18 Å². The summed E-state index contributed by atoms with van der Waals surface area (Å²) in [7, 11) is 1.91. The number of rotatable bonds is 8.